The van der Waals surface area contributed by atoms with E-state index in [4.69, 9.17) is 4.98 Å². The molecule has 0 saturated carbocycles. The Hall–Kier alpha value is -1.31. The zero-order valence-corrected chi connectivity index (χ0v) is 11.8. The lowest BCUT2D eigenvalue weighted by Gasteiger charge is -1.97. The number of hydrogen-bond donors (Lipinski definition) is 1. The van der Waals surface area contributed by atoms with E-state index in [0.717, 1.165) is 17.8 Å². The summed E-state index contributed by atoms with van der Waals surface area (Å²) in [5, 5.41) is 0. The predicted molar refractivity (Wildman–Crippen MR) is 78.0 cm³/mol. The molecule has 1 aromatic carbocycles. The third kappa shape index (κ3) is 3.12. The van der Waals surface area contributed by atoms with Crippen molar-refractivity contribution >= 4 is 11.0 Å². The number of nitrogens with zero attached hydrogens (tertiary/aromatic N) is 1. The summed E-state index contributed by atoms with van der Waals surface area (Å²) in [5.41, 5.74) is 4.91. The Morgan fingerprint density at radius 1 is 1.06 bits per heavy atom. The van der Waals surface area contributed by atoms with Crippen LogP contribution in [0.25, 0.3) is 11.0 Å². The van der Waals surface area contributed by atoms with Gasteiger partial charge in [0.15, 0.2) is 0 Å². The van der Waals surface area contributed by atoms with Crippen molar-refractivity contribution in [2.24, 2.45) is 0 Å². The van der Waals surface area contributed by atoms with Gasteiger partial charge in [-0.2, -0.15) is 0 Å². The van der Waals surface area contributed by atoms with Crippen LogP contribution in [-0.4, -0.2) is 9.97 Å². The maximum Gasteiger partial charge on any atom is 0.107 e. The standard InChI is InChI=1S/C16H24N2/c1-4-5-6-7-8-9-15-17-14-11-12(2)10-13(3)16(14)18-15/h10-11H,4-9H2,1-3H3,(H,17,18). The fraction of sp³-hybridized carbons (Fsp3) is 0.562. The first-order chi connectivity index (χ1) is 8.70. The second kappa shape index (κ2) is 6.03. The SMILES string of the molecule is CCCCCCCc1nc2c(C)cc(C)cc2[nH]1. The highest BCUT2D eigenvalue weighted by Gasteiger charge is 2.05. The Balaban J connectivity index is 2.00. The van der Waals surface area contributed by atoms with Crippen LogP contribution in [-0.2, 0) is 6.42 Å². The normalized spacial score (nSPS) is 11.3. The first-order valence-electron chi connectivity index (χ1n) is 7.16. The van der Waals surface area contributed by atoms with Gasteiger partial charge in [-0.3, -0.25) is 0 Å². The molecule has 0 radical (unpaired) electrons. The fourth-order valence-electron chi connectivity index (χ4n) is 2.54. The van der Waals surface area contributed by atoms with Crippen molar-refractivity contribution in [1.29, 1.82) is 0 Å². The van der Waals surface area contributed by atoms with Crippen molar-refractivity contribution < 1.29 is 0 Å². The zero-order valence-electron chi connectivity index (χ0n) is 11.8. The van der Waals surface area contributed by atoms with Gasteiger partial charge in [-0.05, 0) is 37.5 Å². The molecule has 0 aliphatic rings. The molecule has 0 aliphatic carbocycles. The number of benzene rings is 1. The summed E-state index contributed by atoms with van der Waals surface area (Å²) in [4.78, 5) is 8.17. The number of aromatic nitrogens is 2. The van der Waals surface area contributed by atoms with Gasteiger partial charge in [0.1, 0.15) is 5.82 Å². The minimum atomic E-state index is 1.08. The number of nitrogens with one attached hydrogen (secondary N) is 1. The van der Waals surface area contributed by atoms with Crippen LogP contribution in [0, 0.1) is 13.8 Å². The number of rotatable bonds is 6. The van der Waals surface area contributed by atoms with Gasteiger partial charge in [-0.1, -0.05) is 38.7 Å². The topological polar surface area (TPSA) is 28.7 Å². The number of fused-ring (bicyclic) bond motifs is 1. The van der Waals surface area contributed by atoms with E-state index in [1.54, 1.807) is 0 Å². The minimum Gasteiger partial charge on any atom is -0.342 e. The van der Waals surface area contributed by atoms with Crippen LogP contribution >= 0.6 is 0 Å². The van der Waals surface area contributed by atoms with E-state index < -0.39 is 0 Å². The summed E-state index contributed by atoms with van der Waals surface area (Å²) in [5.74, 6) is 1.15. The van der Waals surface area contributed by atoms with Crippen molar-refractivity contribution in [3.8, 4) is 0 Å². The van der Waals surface area contributed by atoms with Crippen molar-refractivity contribution in [2.45, 2.75) is 59.3 Å². The Labute approximate surface area is 110 Å². The van der Waals surface area contributed by atoms with Crippen LogP contribution in [0.15, 0.2) is 12.1 Å². The van der Waals surface area contributed by atoms with E-state index in [9.17, 15) is 0 Å². The predicted octanol–water partition coefficient (Wildman–Crippen LogP) is 4.69. The largest absolute Gasteiger partial charge is 0.342 e. The molecule has 1 N–H and O–H groups in total. The molecule has 0 unspecified atom stereocenters. The van der Waals surface area contributed by atoms with Gasteiger partial charge < -0.3 is 4.98 Å². The minimum absolute atomic E-state index is 1.08. The smallest absolute Gasteiger partial charge is 0.107 e. The van der Waals surface area contributed by atoms with E-state index >= 15 is 0 Å². The molecule has 0 bridgehead atoms. The van der Waals surface area contributed by atoms with Crippen LogP contribution in [0.3, 0.4) is 0 Å². The second-order valence-corrected chi connectivity index (χ2v) is 5.33. The van der Waals surface area contributed by atoms with Crippen LogP contribution in [0.1, 0.15) is 56.0 Å². The summed E-state index contributed by atoms with van der Waals surface area (Å²) < 4.78 is 0. The summed E-state index contributed by atoms with van der Waals surface area (Å²) in [7, 11) is 0. The van der Waals surface area contributed by atoms with Gasteiger partial charge in [-0.15, -0.1) is 0 Å². The van der Waals surface area contributed by atoms with E-state index in [0.29, 0.717) is 0 Å². The summed E-state index contributed by atoms with van der Waals surface area (Å²) in [6, 6.07) is 4.39. The lowest BCUT2D eigenvalue weighted by molar-refractivity contribution is 0.625. The molecule has 1 aromatic heterocycles. The molecule has 0 saturated heterocycles. The fourth-order valence-corrected chi connectivity index (χ4v) is 2.54. The van der Waals surface area contributed by atoms with Crippen molar-refractivity contribution in [2.75, 3.05) is 0 Å². The first-order valence-corrected chi connectivity index (χ1v) is 7.16. The first kappa shape index (κ1) is 13.1. The summed E-state index contributed by atoms with van der Waals surface area (Å²) in [6.45, 7) is 6.53. The van der Waals surface area contributed by atoms with Gasteiger partial charge >= 0.3 is 0 Å². The van der Waals surface area contributed by atoms with Gasteiger partial charge in [0.2, 0.25) is 0 Å². The summed E-state index contributed by atoms with van der Waals surface area (Å²) >= 11 is 0. The average Bonchev–Trinajstić information content (AvgIpc) is 2.72. The maximum atomic E-state index is 4.72. The summed E-state index contributed by atoms with van der Waals surface area (Å²) in [6.07, 6.45) is 7.67. The molecule has 0 atom stereocenters. The highest BCUT2D eigenvalue weighted by atomic mass is 14.9. The lowest BCUT2D eigenvalue weighted by Crippen LogP contribution is -1.88. The zero-order chi connectivity index (χ0) is 13.0. The molecule has 0 fully saturated rings. The van der Waals surface area contributed by atoms with Crippen LogP contribution in [0.2, 0.25) is 0 Å². The van der Waals surface area contributed by atoms with Crippen LogP contribution in [0.5, 0.6) is 0 Å². The highest BCUT2D eigenvalue weighted by Crippen LogP contribution is 2.19. The Kier molecular flexibility index (Phi) is 4.40. The van der Waals surface area contributed by atoms with E-state index in [-0.39, 0.29) is 0 Å². The highest BCUT2D eigenvalue weighted by molar-refractivity contribution is 5.79. The lowest BCUT2D eigenvalue weighted by atomic mass is 10.1. The van der Waals surface area contributed by atoms with Crippen molar-refractivity contribution in [3.05, 3.63) is 29.1 Å². The van der Waals surface area contributed by atoms with Gasteiger partial charge in [-0.25, -0.2) is 4.98 Å². The molecular weight excluding hydrogens is 220 g/mol. The Morgan fingerprint density at radius 3 is 2.61 bits per heavy atom. The molecule has 1 heterocycles. The second-order valence-electron chi connectivity index (χ2n) is 5.33. The third-order valence-corrected chi connectivity index (χ3v) is 3.49. The number of aromatic amines is 1. The van der Waals surface area contributed by atoms with Crippen molar-refractivity contribution in [1.82, 2.24) is 9.97 Å². The Morgan fingerprint density at radius 2 is 1.83 bits per heavy atom. The molecule has 0 aliphatic heterocycles. The molecule has 2 nitrogen and oxygen atoms in total. The van der Waals surface area contributed by atoms with Gasteiger partial charge in [0, 0.05) is 6.42 Å². The van der Waals surface area contributed by atoms with Crippen LogP contribution < -0.4 is 0 Å². The molecule has 2 aromatic rings. The molecule has 2 heteroatoms. The molecule has 0 spiro atoms. The molecule has 18 heavy (non-hydrogen) atoms. The van der Waals surface area contributed by atoms with E-state index in [2.05, 4.69) is 37.9 Å². The number of imidazole rings is 1. The molecular formula is C16H24N2. The van der Waals surface area contributed by atoms with E-state index in [1.165, 1.54) is 48.7 Å². The number of H-pyrrole nitrogens is 1. The molecule has 2 rings (SSSR count). The molecule has 0 amide bonds. The Bertz CT molecular complexity index is 511. The van der Waals surface area contributed by atoms with Gasteiger partial charge in [0.25, 0.3) is 0 Å². The molecule has 98 valence electrons. The van der Waals surface area contributed by atoms with Crippen molar-refractivity contribution in [3.63, 3.8) is 0 Å². The number of hydrogen-bond acceptors (Lipinski definition) is 1. The van der Waals surface area contributed by atoms with E-state index in [1.807, 2.05) is 0 Å². The quantitative estimate of drug-likeness (QED) is 0.733. The average molecular weight is 244 g/mol. The monoisotopic (exact) mass is 244 g/mol. The van der Waals surface area contributed by atoms with Gasteiger partial charge in [0.05, 0.1) is 11.0 Å². The number of aryl methyl sites for hydroxylation is 3. The van der Waals surface area contributed by atoms with Crippen LogP contribution in [0.4, 0.5) is 0 Å². The number of unbranched alkanes of at least 4 members (excludes halogenated alkanes) is 4. The third-order valence-electron chi connectivity index (χ3n) is 3.49. The maximum absolute atomic E-state index is 4.72.